The van der Waals surface area contributed by atoms with Crippen LogP contribution in [0.25, 0.3) is 0 Å². The van der Waals surface area contributed by atoms with Crippen LogP contribution >= 0.6 is 0 Å². The first kappa shape index (κ1) is 14.0. The van der Waals surface area contributed by atoms with Gasteiger partial charge < -0.3 is 10.0 Å². The van der Waals surface area contributed by atoms with Crippen molar-refractivity contribution in [2.75, 3.05) is 6.54 Å². The molecule has 1 amide bonds. The summed E-state index contributed by atoms with van der Waals surface area (Å²) >= 11 is 0. The second kappa shape index (κ2) is 5.70. The summed E-state index contributed by atoms with van der Waals surface area (Å²) in [6.45, 7) is 4.64. The maximum atomic E-state index is 12.3. The van der Waals surface area contributed by atoms with E-state index in [1.54, 1.807) is 12.4 Å². The summed E-state index contributed by atoms with van der Waals surface area (Å²) in [4.78, 5) is 18.1. The Morgan fingerprint density at radius 1 is 1.47 bits per heavy atom. The van der Waals surface area contributed by atoms with Crippen molar-refractivity contribution in [3.8, 4) is 0 Å². The molecule has 1 fully saturated rings. The minimum atomic E-state index is -0.451. The third-order valence-electron chi connectivity index (χ3n) is 4.05. The van der Waals surface area contributed by atoms with Crippen molar-refractivity contribution in [2.24, 2.45) is 0 Å². The lowest BCUT2D eigenvalue weighted by atomic mass is 9.87. The van der Waals surface area contributed by atoms with Crippen LogP contribution in [0, 0.1) is 0 Å². The van der Waals surface area contributed by atoms with Crippen molar-refractivity contribution < 1.29 is 9.90 Å². The van der Waals surface area contributed by atoms with Crippen molar-refractivity contribution in [3.63, 3.8) is 0 Å². The summed E-state index contributed by atoms with van der Waals surface area (Å²) in [7, 11) is 0. The van der Waals surface area contributed by atoms with Gasteiger partial charge in [-0.05, 0) is 50.8 Å². The number of aryl methyl sites for hydroxylation is 1. The number of hydrogen-bond donors (Lipinski definition) is 1. The zero-order chi connectivity index (χ0) is 13.9. The van der Waals surface area contributed by atoms with Gasteiger partial charge in [0, 0.05) is 25.4 Å². The predicted octanol–water partition coefficient (Wildman–Crippen LogP) is 1.78. The number of rotatable bonds is 3. The highest BCUT2D eigenvalue weighted by Crippen LogP contribution is 2.28. The van der Waals surface area contributed by atoms with Gasteiger partial charge in [-0.1, -0.05) is 0 Å². The first-order chi connectivity index (χ1) is 9.01. The molecule has 1 aliphatic rings. The SMILES string of the molecule is CC1(C)C(O)CCCN1C(=O)CCc1ccncc1. The lowest BCUT2D eigenvalue weighted by Crippen LogP contribution is -2.58. The molecular formula is C15H22N2O2. The Hall–Kier alpha value is -1.42. The van der Waals surface area contributed by atoms with Gasteiger partial charge in [-0.2, -0.15) is 0 Å². The van der Waals surface area contributed by atoms with Gasteiger partial charge in [0.1, 0.15) is 0 Å². The number of carbonyl (C=O) groups excluding carboxylic acids is 1. The quantitative estimate of drug-likeness (QED) is 0.903. The highest BCUT2D eigenvalue weighted by Gasteiger charge is 2.39. The summed E-state index contributed by atoms with van der Waals surface area (Å²) in [5, 5.41) is 10.0. The van der Waals surface area contributed by atoms with Gasteiger partial charge >= 0.3 is 0 Å². The number of hydrogen-bond acceptors (Lipinski definition) is 3. The van der Waals surface area contributed by atoms with Crippen molar-refractivity contribution in [1.29, 1.82) is 0 Å². The number of carbonyl (C=O) groups is 1. The van der Waals surface area contributed by atoms with E-state index in [4.69, 9.17) is 0 Å². The van der Waals surface area contributed by atoms with Gasteiger partial charge in [-0.15, -0.1) is 0 Å². The van der Waals surface area contributed by atoms with E-state index >= 15 is 0 Å². The molecule has 0 bridgehead atoms. The number of aromatic nitrogens is 1. The van der Waals surface area contributed by atoms with Crippen LogP contribution in [0.1, 0.15) is 38.7 Å². The smallest absolute Gasteiger partial charge is 0.223 e. The van der Waals surface area contributed by atoms with Crippen molar-refractivity contribution in [3.05, 3.63) is 30.1 Å². The van der Waals surface area contributed by atoms with E-state index in [-0.39, 0.29) is 5.91 Å². The summed E-state index contributed by atoms with van der Waals surface area (Å²) in [5.74, 6) is 0.126. The van der Waals surface area contributed by atoms with Crippen LogP contribution in [0.5, 0.6) is 0 Å². The molecule has 19 heavy (non-hydrogen) atoms. The molecule has 1 aromatic heterocycles. The van der Waals surface area contributed by atoms with E-state index in [1.807, 2.05) is 30.9 Å². The second-order valence-corrected chi connectivity index (χ2v) is 5.71. The van der Waals surface area contributed by atoms with Gasteiger partial charge in [0.25, 0.3) is 0 Å². The number of pyridine rings is 1. The molecular weight excluding hydrogens is 240 g/mol. The Balaban J connectivity index is 1.96. The van der Waals surface area contributed by atoms with Crippen molar-refractivity contribution in [2.45, 2.75) is 51.2 Å². The molecule has 0 saturated carbocycles. The minimum Gasteiger partial charge on any atom is -0.391 e. The third-order valence-corrected chi connectivity index (χ3v) is 4.05. The van der Waals surface area contributed by atoms with Crippen LogP contribution in [0.2, 0.25) is 0 Å². The number of nitrogens with zero attached hydrogens (tertiary/aromatic N) is 2. The highest BCUT2D eigenvalue weighted by molar-refractivity contribution is 5.77. The number of aliphatic hydroxyl groups excluding tert-OH is 1. The topological polar surface area (TPSA) is 53.4 Å². The zero-order valence-electron chi connectivity index (χ0n) is 11.7. The van der Waals surface area contributed by atoms with Crippen LogP contribution in [-0.4, -0.2) is 39.1 Å². The Morgan fingerprint density at radius 3 is 2.84 bits per heavy atom. The number of piperidine rings is 1. The molecule has 0 radical (unpaired) electrons. The molecule has 1 atom stereocenters. The Morgan fingerprint density at radius 2 is 2.16 bits per heavy atom. The molecule has 1 saturated heterocycles. The van der Waals surface area contributed by atoms with Crippen molar-refractivity contribution in [1.82, 2.24) is 9.88 Å². The Bertz CT molecular complexity index is 431. The van der Waals surface area contributed by atoms with Gasteiger partial charge in [0.05, 0.1) is 11.6 Å². The van der Waals surface area contributed by atoms with E-state index in [1.165, 1.54) is 0 Å². The van der Waals surface area contributed by atoms with Gasteiger partial charge in [0.2, 0.25) is 5.91 Å². The summed E-state index contributed by atoms with van der Waals surface area (Å²) in [6.07, 6.45) is 5.94. The van der Waals surface area contributed by atoms with Crippen LogP contribution in [-0.2, 0) is 11.2 Å². The fourth-order valence-electron chi connectivity index (χ4n) is 2.65. The monoisotopic (exact) mass is 262 g/mol. The molecule has 0 aromatic carbocycles. The standard InChI is InChI=1S/C15H22N2O2/c1-15(2)13(18)4-3-11-17(15)14(19)6-5-12-7-9-16-10-8-12/h7-10,13,18H,3-6,11H2,1-2H3. The van der Waals surface area contributed by atoms with E-state index in [0.29, 0.717) is 6.42 Å². The molecule has 2 heterocycles. The largest absolute Gasteiger partial charge is 0.391 e. The first-order valence-electron chi connectivity index (χ1n) is 6.89. The summed E-state index contributed by atoms with van der Waals surface area (Å²) in [5.41, 5.74) is 0.673. The number of likely N-dealkylation sites (tertiary alicyclic amines) is 1. The van der Waals surface area contributed by atoms with E-state index in [2.05, 4.69) is 4.98 Å². The molecule has 1 aromatic rings. The second-order valence-electron chi connectivity index (χ2n) is 5.71. The van der Waals surface area contributed by atoms with Crippen molar-refractivity contribution >= 4 is 5.91 Å². The van der Waals surface area contributed by atoms with E-state index in [0.717, 1.165) is 31.4 Å². The normalized spacial score (nSPS) is 22.3. The van der Waals surface area contributed by atoms with Crippen LogP contribution in [0.4, 0.5) is 0 Å². The predicted molar refractivity (Wildman–Crippen MR) is 73.6 cm³/mol. The van der Waals surface area contributed by atoms with Crippen LogP contribution in [0.15, 0.2) is 24.5 Å². The maximum Gasteiger partial charge on any atom is 0.223 e. The Kier molecular flexibility index (Phi) is 4.20. The maximum absolute atomic E-state index is 12.3. The minimum absolute atomic E-state index is 0.126. The molecule has 1 unspecified atom stereocenters. The molecule has 2 rings (SSSR count). The van der Waals surface area contributed by atoms with Gasteiger partial charge in [-0.25, -0.2) is 0 Å². The molecule has 4 nitrogen and oxygen atoms in total. The zero-order valence-corrected chi connectivity index (χ0v) is 11.7. The lowest BCUT2D eigenvalue weighted by molar-refractivity contribution is -0.145. The molecule has 4 heteroatoms. The summed E-state index contributed by atoms with van der Waals surface area (Å²) < 4.78 is 0. The average Bonchev–Trinajstić information content (AvgIpc) is 2.40. The van der Waals surface area contributed by atoms with E-state index in [9.17, 15) is 9.90 Å². The average molecular weight is 262 g/mol. The highest BCUT2D eigenvalue weighted by atomic mass is 16.3. The van der Waals surface area contributed by atoms with Gasteiger partial charge in [-0.3, -0.25) is 9.78 Å². The fourth-order valence-corrected chi connectivity index (χ4v) is 2.65. The number of aliphatic hydroxyl groups is 1. The summed E-state index contributed by atoms with van der Waals surface area (Å²) in [6, 6.07) is 3.87. The lowest BCUT2D eigenvalue weighted by Gasteiger charge is -2.46. The van der Waals surface area contributed by atoms with E-state index < -0.39 is 11.6 Å². The third kappa shape index (κ3) is 3.13. The molecule has 1 N–H and O–H groups in total. The first-order valence-corrected chi connectivity index (χ1v) is 6.89. The Labute approximate surface area is 114 Å². The van der Waals surface area contributed by atoms with Gasteiger partial charge in [0.15, 0.2) is 0 Å². The van der Waals surface area contributed by atoms with Crippen LogP contribution < -0.4 is 0 Å². The fraction of sp³-hybridized carbons (Fsp3) is 0.600. The molecule has 0 spiro atoms. The number of amides is 1. The molecule has 104 valence electrons. The van der Waals surface area contributed by atoms with Crippen LogP contribution in [0.3, 0.4) is 0 Å². The molecule has 1 aliphatic heterocycles. The molecule has 0 aliphatic carbocycles.